The molecule has 3 aromatic rings. The molecule has 1 aromatic carbocycles. The van der Waals surface area contributed by atoms with Crippen LogP contribution in [0.5, 0.6) is 0 Å². The van der Waals surface area contributed by atoms with Crippen LogP contribution in [0.4, 0.5) is 10.2 Å². The van der Waals surface area contributed by atoms with Crippen molar-refractivity contribution in [1.29, 1.82) is 0 Å². The Balaban J connectivity index is 1.53. The van der Waals surface area contributed by atoms with Crippen molar-refractivity contribution in [3.05, 3.63) is 65.7 Å². The van der Waals surface area contributed by atoms with E-state index in [1.54, 1.807) is 13.1 Å². The summed E-state index contributed by atoms with van der Waals surface area (Å²) >= 11 is 0. The van der Waals surface area contributed by atoms with Crippen LogP contribution >= 0.6 is 0 Å². The van der Waals surface area contributed by atoms with Crippen LogP contribution in [0, 0.1) is 18.7 Å². The summed E-state index contributed by atoms with van der Waals surface area (Å²) in [4.78, 5) is 17.4. The number of aromatic nitrogens is 3. The number of pyridine rings is 1. The molecule has 0 saturated heterocycles. The molecule has 0 radical (unpaired) electrons. The number of nitrogens with one attached hydrogen (secondary N) is 1. The molecule has 4 rings (SSSR count). The average Bonchev–Trinajstić information content (AvgIpc) is 3.29. The Hall–Kier alpha value is -3.22. The van der Waals surface area contributed by atoms with Gasteiger partial charge in [-0.3, -0.25) is 9.48 Å². The van der Waals surface area contributed by atoms with Crippen LogP contribution in [0.1, 0.15) is 56.2 Å². The largest absolute Gasteiger partial charge is 0.357 e. The number of carbonyl (C=O) groups excluding carboxylic acids is 1. The topological polar surface area (TPSA) is 63.0 Å². The summed E-state index contributed by atoms with van der Waals surface area (Å²) in [7, 11) is 0. The van der Waals surface area contributed by atoms with Gasteiger partial charge in [-0.25, -0.2) is 9.37 Å². The fourth-order valence-corrected chi connectivity index (χ4v) is 5.14. The fraction of sp³-hybridized carbons (Fsp3) is 0.464. The zero-order chi connectivity index (χ0) is 24.6. The Morgan fingerprint density at radius 3 is 2.83 bits per heavy atom. The Kier molecular flexibility index (Phi) is 8.50. The zero-order valence-electron chi connectivity index (χ0n) is 20.8. The molecule has 1 N–H and O–H groups in total. The molecule has 0 spiro atoms. The number of nitrogens with zero attached hydrogens (tertiary/aromatic N) is 4. The second-order valence-corrected chi connectivity index (χ2v) is 9.71. The molecule has 1 saturated carbocycles. The SMILES string of the molecule is Cc1cc(-c2cc(C3CCCC(C)C3)n(CCCN(CCNC=O)c3ccccn3)n2)ccc1F. The number of halogens is 1. The van der Waals surface area contributed by atoms with Crippen molar-refractivity contribution in [3.63, 3.8) is 0 Å². The summed E-state index contributed by atoms with van der Waals surface area (Å²) in [6, 6.07) is 13.4. The quantitative estimate of drug-likeness (QED) is 0.300. The molecule has 186 valence electrons. The first-order valence-corrected chi connectivity index (χ1v) is 12.7. The molecule has 0 aliphatic heterocycles. The first kappa shape index (κ1) is 24.9. The molecular formula is C28H36FN5O. The normalized spacial score (nSPS) is 17.8. The monoisotopic (exact) mass is 477 g/mol. The van der Waals surface area contributed by atoms with E-state index in [1.807, 2.05) is 30.3 Å². The minimum absolute atomic E-state index is 0.187. The third-order valence-corrected chi connectivity index (χ3v) is 7.00. The van der Waals surface area contributed by atoms with Gasteiger partial charge in [-0.2, -0.15) is 5.10 Å². The maximum Gasteiger partial charge on any atom is 0.207 e. The Morgan fingerprint density at radius 1 is 1.20 bits per heavy atom. The summed E-state index contributed by atoms with van der Waals surface area (Å²) in [5, 5.41) is 7.75. The molecule has 1 amide bonds. The van der Waals surface area contributed by atoms with Gasteiger partial charge in [0.25, 0.3) is 0 Å². The van der Waals surface area contributed by atoms with Gasteiger partial charge in [0.15, 0.2) is 0 Å². The van der Waals surface area contributed by atoms with E-state index in [0.29, 0.717) is 24.6 Å². The molecule has 2 unspecified atom stereocenters. The van der Waals surface area contributed by atoms with E-state index in [0.717, 1.165) is 48.9 Å². The zero-order valence-corrected chi connectivity index (χ0v) is 20.8. The van der Waals surface area contributed by atoms with Crippen LogP contribution in [-0.4, -0.2) is 40.8 Å². The molecule has 35 heavy (non-hydrogen) atoms. The van der Waals surface area contributed by atoms with Crippen LogP contribution in [0.3, 0.4) is 0 Å². The molecule has 7 heteroatoms. The third-order valence-electron chi connectivity index (χ3n) is 7.00. The summed E-state index contributed by atoms with van der Waals surface area (Å²) in [5.41, 5.74) is 3.81. The van der Waals surface area contributed by atoms with E-state index >= 15 is 0 Å². The number of carbonyl (C=O) groups is 1. The minimum Gasteiger partial charge on any atom is -0.357 e. The lowest BCUT2D eigenvalue weighted by molar-refractivity contribution is -0.109. The highest BCUT2D eigenvalue weighted by Crippen LogP contribution is 2.37. The highest BCUT2D eigenvalue weighted by atomic mass is 19.1. The first-order valence-electron chi connectivity index (χ1n) is 12.7. The number of amides is 1. The van der Waals surface area contributed by atoms with E-state index in [4.69, 9.17) is 5.10 Å². The van der Waals surface area contributed by atoms with E-state index in [9.17, 15) is 9.18 Å². The molecule has 0 bridgehead atoms. The predicted molar refractivity (Wildman–Crippen MR) is 138 cm³/mol. The number of rotatable bonds is 11. The van der Waals surface area contributed by atoms with Crippen LogP contribution in [0.25, 0.3) is 11.3 Å². The second-order valence-electron chi connectivity index (χ2n) is 9.71. The lowest BCUT2D eigenvalue weighted by Gasteiger charge is -2.27. The van der Waals surface area contributed by atoms with Gasteiger partial charge < -0.3 is 10.2 Å². The number of hydrogen-bond donors (Lipinski definition) is 1. The van der Waals surface area contributed by atoms with Crippen molar-refractivity contribution < 1.29 is 9.18 Å². The van der Waals surface area contributed by atoms with Crippen LogP contribution < -0.4 is 10.2 Å². The van der Waals surface area contributed by atoms with Gasteiger partial charge in [-0.1, -0.05) is 25.8 Å². The summed E-state index contributed by atoms with van der Waals surface area (Å²) in [6.45, 7) is 7.01. The highest BCUT2D eigenvalue weighted by Gasteiger charge is 2.25. The van der Waals surface area contributed by atoms with Crippen molar-refractivity contribution in [2.75, 3.05) is 24.5 Å². The van der Waals surface area contributed by atoms with E-state index < -0.39 is 0 Å². The molecule has 1 aliphatic rings. The maximum atomic E-state index is 13.9. The molecule has 2 aromatic heterocycles. The van der Waals surface area contributed by atoms with Crippen molar-refractivity contribution in [3.8, 4) is 11.3 Å². The standard InChI is InChI=1S/C28H36FN5O/c1-21-7-5-8-24(17-21)27-19-26(23-10-11-25(29)22(2)18-23)32-34(27)15-6-14-33(16-13-30-20-35)28-9-3-4-12-31-28/h3-4,9-12,18-21,24H,5-8,13-17H2,1-2H3,(H,30,35). The van der Waals surface area contributed by atoms with Gasteiger partial charge >= 0.3 is 0 Å². The van der Waals surface area contributed by atoms with Crippen LogP contribution in [0.15, 0.2) is 48.7 Å². The molecule has 2 atom stereocenters. The predicted octanol–water partition coefficient (Wildman–Crippen LogP) is 5.33. The Bertz CT molecular complexity index is 1100. The second kappa shape index (κ2) is 12.0. The molecule has 1 aliphatic carbocycles. The first-order chi connectivity index (χ1) is 17.0. The number of hydrogen-bond acceptors (Lipinski definition) is 4. The van der Waals surface area contributed by atoms with Gasteiger partial charge in [-0.05, 0) is 74.1 Å². The van der Waals surface area contributed by atoms with Gasteiger partial charge in [0, 0.05) is 49.6 Å². The van der Waals surface area contributed by atoms with Gasteiger partial charge in [0.05, 0.1) is 5.69 Å². The number of benzene rings is 1. The Morgan fingerprint density at radius 2 is 2.09 bits per heavy atom. The lowest BCUT2D eigenvalue weighted by atomic mass is 9.80. The van der Waals surface area contributed by atoms with Crippen molar-refractivity contribution in [2.45, 2.75) is 58.4 Å². The number of aryl methyl sites for hydroxylation is 2. The summed E-state index contributed by atoms with van der Waals surface area (Å²) in [5.74, 6) is 1.95. The molecule has 6 nitrogen and oxygen atoms in total. The van der Waals surface area contributed by atoms with Gasteiger partial charge in [0.2, 0.25) is 6.41 Å². The number of anilines is 1. The smallest absolute Gasteiger partial charge is 0.207 e. The molecule has 1 fully saturated rings. The van der Waals surface area contributed by atoms with Gasteiger partial charge in [-0.15, -0.1) is 0 Å². The van der Waals surface area contributed by atoms with Crippen molar-refractivity contribution in [1.82, 2.24) is 20.1 Å². The summed E-state index contributed by atoms with van der Waals surface area (Å²) in [6.07, 6.45) is 8.34. The lowest BCUT2D eigenvalue weighted by Crippen LogP contribution is -2.33. The van der Waals surface area contributed by atoms with Crippen LogP contribution in [-0.2, 0) is 11.3 Å². The Labute approximate surface area is 207 Å². The third kappa shape index (κ3) is 6.47. The fourth-order valence-electron chi connectivity index (χ4n) is 5.14. The van der Waals surface area contributed by atoms with Crippen molar-refractivity contribution >= 4 is 12.2 Å². The van der Waals surface area contributed by atoms with Gasteiger partial charge in [0.1, 0.15) is 11.6 Å². The minimum atomic E-state index is -0.187. The van der Waals surface area contributed by atoms with E-state index in [1.165, 1.54) is 37.4 Å². The maximum absolute atomic E-state index is 13.9. The average molecular weight is 478 g/mol. The van der Waals surface area contributed by atoms with Crippen LogP contribution in [0.2, 0.25) is 0 Å². The van der Waals surface area contributed by atoms with E-state index in [-0.39, 0.29) is 5.82 Å². The highest BCUT2D eigenvalue weighted by molar-refractivity contribution is 5.60. The van der Waals surface area contributed by atoms with E-state index in [2.05, 4.69) is 32.9 Å². The van der Waals surface area contributed by atoms with Crippen molar-refractivity contribution in [2.24, 2.45) is 5.92 Å². The molecular weight excluding hydrogens is 441 g/mol. The summed E-state index contributed by atoms with van der Waals surface area (Å²) < 4.78 is 16.0. The molecule has 2 heterocycles.